The topological polar surface area (TPSA) is 90.6 Å². The molecule has 1 amide bonds. The van der Waals surface area contributed by atoms with Crippen molar-refractivity contribution < 1.29 is 14.3 Å². The standard InChI is InChI=1S/C17H17N5O3/c1-24-12-4-3-5-13(25-2)14(12)15(23)19-16-20-17-18-9-8-11(10-6-7-10)22(17)21-16/h3-5,8-10H,6-7H2,1-2H3,(H,19,21,23). The molecule has 0 radical (unpaired) electrons. The first-order valence-corrected chi connectivity index (χ1v) is 7.95. The molecule has 1 aliphatic carbocycles. The summed E-state index contributed by atoms with van der Waals surface area (Å²) in [6, 6.07) is 7.08. The van der Waals surface area contributed by atoms with Gasteiger partial charge in [0.25, 0.3) is 17.6 Å². The first-order valence-electron chi connectivity index (χ1n) is 7.95. The van der Waals surface area contributed by atoms with Crippen LogP contribution in [0.15, 0.2) is 30.5 Å². The molecular weight excluding hydrogens is 322 g/mol. The summed E-state index contributed by atoms with van der Waals surface area (Å²) in [6.45, 7) is 0. The van der Waals surface area contributed by atoms with E-state index in [0.717, 1.165) is 18.5 Å². The van der Waals surface area contributed by atoms with E-state index in [9.17, 15) is 4.79 Å². The average molecular weight is 339 g/mol. The van der Waals surface area contributed by atoms with Gasteiger partial charge in [-0.3, -0.25) is 10.1 Å². The second kappa shape index (κ2) is 6.04. The molecule has 1 N–H and O–H groups in total. The number of fused-ring (bicyclic) bond motifs is 1. The van der Waals surface area contributed by atoms with Crippen molar-refractivity contribution >= 4 is 17.6 Å². The lowest BCUT2D eigenvalue weighted by atomic mass is 10.1. The molecule has 4 rings (SSSR count). The minimum Gasteiger partial charge on any atom is -0.496 e. The van der Waals surface area contributed by atoms with Gasteiger partial charge < -0.3 is 9.47 Å². The number of nitrogens with one attached hydrogen (secondary N) is 1. The molecule has 0 bridgehead atoms. The van der Waals surface area contributed by atoms with Gasteiger partial charge in [0, 0.05) is 12.1 Å². The number of carbonyl (C=O) groups excluding carboxylic acids is 1. The van der Waals surface area contributed by atoms with Gasteiger partial charge in [-0.05, 0) is 31.0 Å². The molecule has 3 aromatic rings. The predicted octanol–water partition coefficient (Wildman–Crippen LogP) is 2.27. The zero-order valence-corrected chi connectivity index (χ0v) is 13.9. The minimum atomic E-state index is -0.404. The van der Waals surface area contributed by atoms with Gasteiger partial charge in [0.05, 0.1) is 19.9 Å². The van der Waals surface area contributed by atoms with E-state index < -0.39 is 5.91 Å². The van der Waals surface area contributed by atoms with Gasteiger partial charge in [0.15, 0.2) is 0 Å². The minimum absolute atomic E-state index is 0.193. The maximum absolute atomic E-state index is 12.7. The van der Waals surface area contributed by atoms with Gasteiger partial charge >= 0.3 is 0 Å². The number of ether oxygens (including phenoxy) is 2. The van der Waals surface area contributed by atoms with Crippen LogP contribution in [0.4, 0.5) is 5.95 Å². The van der Waals surface area contributed by atoms with Crippen LogP contribution in [0.5, 0.6) is 11.5 Å². The zero-order chi connectivity index (χ0) is 17.4. The summed E-state index contributed by atoms with van der Waals surface area (Å²) >= 11 is 0. The van der Waals surface area contributed by atoms with Crippen LogP contribution in [0.2, 0.25) is 0 Å². The Balaban J connectivity index is 1.68. The molecule has 0 aliphatic heterocycles. The van der Waals surface area contributed by atoms with E-state index in [2.05, 4.69) is 20.4 Å². The van der Waals surface area contributed by atoms with Crippen LogP contribution < -0.4 is 14.8 Å². The molecule has 128 valence electrons. The fraction of sp³-hybridized carbons (Fsp3) is 0.294. The van der Waals surface area contributed by atoms with Gasteiger partial charge in [-0.1, -0.05) is 6.07 Å². The van der Waals surface area contributed by atoms with E-state index in [4.69, 9.17) is 9.47 Å². The first kappa shape index (κ1) is 15.4. The Morgan fingerprint density at radius 2 is 1.92 bits per heavy atom. The molecule has 0 spiro atoms. The fourth-order valence-corrected chi connectivity index (χ4v) is 2.79. The SMILES string of the molecule is COc1cccc(OC)c1C(=O)Nc1nc2nccc(C3CC3)n2n1. The molecule has 0 atom stereocenters. The van der Waals surface area contributed by atoms with E-state index in [-0.39, 0.29) is 5.95 Å². The van der Waals surface area contributed by atoms with Crippen LogP contribution in [-0.2, 0) is 0 Å². The summed E-state index contributed by atoms with van der Waals surface area (Å²) < 4.78 is 12.2. The van der Waals surface area contributed by atoms with E-state index in [1.165, 1.54) is 14.2 Å². The van der Waals surface area contributed by atoms with Crippen molar-refractivity contribution in [2.75, 3.05) is 19.5 Å². The number of hydrogen-bond acceptors (Lipinski definition) is 6. The number of rotatable bonds is 5. The molecule has 1 aliphatic rings. The Labute approximate surface area is 143 Å². The van der Waals surface area contributed by atoms with E-state index in [1.54, 1.807) is 28.9 Å². The van der Waals surface area contributed by atoms with Crippen molar-refractivity contribution in [3.63, 3.8) is 0 Å². The summed E-state index contributed by atoms with van der Waals surface area (Å²) in [7, 11) is 3.00. The van der Waals surface area contributed by atoms with Crippen molar-refractivity contribution in [2.45, 2.75) is 18.8 Å². The quantitative estimate of drug-likeness (QED) is 0.767. The molecule has 8 heteroatoms. The summed E-state index contributed by atoms with van der Waals surface area (Å²) in [5.41, 5.74) is 1.36. The van der Waals surface area contributed by atoms with Gasteiger partial charge in [-0.2, -0.15) is 9.50 Å². The summed E-state index contributed by atoms with van der Waals surface area (Å²) in [5, 5.41) is 7.08. The monoisotopic (exact) mass is 339 g/mol. The Bertz CT molecular complexity index is 926. The lowest BCUT2D eigenvalue weighted by Crippen LogP contribution is -2.15. The Morgan fingerprint density at radius 3 is 2.56 bits per heavy atom. The Morgan fingerprint density at radius 1 is 1.20 bits per heavy atom. The van der Waals surface area contributed by atoms with Crippen molar-refractivity contribution in [1.82, 2.24) is 19.6 Å². The predicted molar refractivity (Wildman–Crippen MR) is 90.3 cm³/mol. The molecule has 8 nitrogen and oxygen atoms in total. The first-order chi connectivity index (χ1) is 12.2. The van der Waals surface area contributed by atoms with Gasteiger partial charge in [-0.25, -0.2) is 4.98 Å². The number of hydrogen-bond donors (Lipinski definition) is 1. The number of amides is 1. The lowest BCUT2D eigenvalue weighted by molar-refractivity contribution is 0.102. The van der Waals surface area contributed by atoms with Gasteiger partial charge in [0.1, 0.15) is 17.1 Å². The van der Waals surface area contributed by atoms with Gasteiger partial charge in [0.2, 0.25) is 0 Å². The van der Waals surface area contributed by atoms with Crippen LogP contribution in [0.1, 0.15) is 34.8 Å². The Hall–Kier alpha value is -3.16. The van der Waals surface area contributed by atoms with Crippen molar-refractivity contribution in [1.29, 1.82) is 0 Å². The molecule has 0 unspecified atom stereocenters. The van der Waals surface area contributed by atoms with E-state index in [0.29, 0.717) is 28.8 Å². The molecule has 1 fully saturated rings. The van der Waals surface area contributed by atoms with Crippen molar-refractivity contribution in [3.8, 4) is 11.5 Å². The number of benzene rings is 1. The summed E-state index contributed by atoms with van der Waals surface area (Å²) in [4.78, 5) is 21.2. The van der Waals surface area contributed by atoms with E-state index >= 15 is 0 Å². The third-order valence-corrected chi connectivity index (χ3v) is 4.15. The summed E-state index contributed by atoms with van der Waals surface area (Å²) in [5.74, 6) is 1.57. The largest absolute Gasteiger partial charge is 0.496 e. The molecule has 2 heterocycles. The van der Waals surface area contributed by atoms with Gasteiger partial charge in [-0.15, -0.1) is 5.10 Å². The highest BCUT2D eigenvalue weighted by atomic mass is 16.5. The van der Waals surface area contributed by atoms with Crippen molar-refractivity contribution in [2.24, 2.45) is 0 Å². The smallest absolute Gasteiger partial charge is 0.265 e. The third-order valence-electron chi connectivity index (χ3n) is 4.15. The molecule has 25 heavy (non-hydrogen) atoms. The zero-order valence-electron chi connectivity index (χ0n) is 13.9. The maximum atomic E-state index is 12.7. The second-order valence-corrected chi connectivity index (χ2v) is 5.78. The number of anilines is 1. The van der Waals surface area contributed by atoms with E-state index in [1.807, 2.05) is 6.07 Å². The number of methoxy groups -OCH3 is 2. The maximum Gasteiger partial charge on any atom is 0.265 e. The summed E-state index contributed by atoms with van der Waals surface area (Å²) in [6.07, 6.45) is 3.99. The fourth-order valence-electron chi connectivity index (χ4n) is 2.79. The second-order valence-electron chi connectivity index (χ2n) is 5.78. The molecule has 1 aromatic carbocycles. The van der Waals surface area contributed by atoms with Crippen LogP contribution >= 0.6 is 0 Å². The number of nitrogens with zero attached hydrogens (tertiary/aromatic N) is 4. The number of carbonyl (C=O) groups is 1. The molecule has 2 aromatic heterocycles. The highest BCUT2D eigenvalue weighted by Crippen LogP contribution is 2.39. The van der Waals surface area contributed by atoms with Crippen LogP contribution in [0, 0.1) is 0 Å². The molecule has 0 saturated heterocycles. The van der Waals surface area contributed by atoms with Crippen molar-refractivity contribution in [3.05, 3.63) is 41.7 Å². The molecule has 1 saturated carbocycles. The van der Waals surface area contributed by atoms with Crippen LogP contribution in [-0.4, -0.2) is 39.7 Å². The van der Waals surface area contributed by atoms with Crippen LogP contribution in [0.25, 0.3) is 5.78 Å². The van der Waals surface area contributed by atoms with Crippen LogP contribution in [0.3, 0.4) is 0 Å². The Kier molecular flexibility index (Phi) is 3.72. The highest BCUT2D eigenvalue weighted by Gasteiger charge is 2.27. The molecular formula is C17H17N5O3. The third kappa shape index (κ3) is 2.75. The lowest BCUT2D eigenvalue weighted by Gasteiger charge is -2.11. The average Bonchev–Trinajstić information content (AvgIpc) is 3.39. The highest BCUT2D eigenvalue weighted by molar-refractivity contribution is 6.07. The normalized spacial score (nSPS) is 13.7. The number of aromatic nitrogens is 4.